The van der Waals surface area contributed by atoms with Crippen LogP contribution in [0.1, 0.15) is 10.6 Å². The second-order valence-corrected chi connectivity index (χ2v) is 9.23. The van der Waals surface area contributed by atoms with E-state index in [1.54, 1.807) is 30.3 Å². The third kappa shape index (κ3) is 4.21. The Labute approximate surface area is 182 Å². The van der Waals surface area contributed by atoms with Gasteiger partial charge in [0.15, 0.2) is 5.76 Å². The van der Waals surface area contributed by atoms with Crippen molar-refractivity contribution in [1.29, 1.82) is 0 Å². The molecule has 31 heavy (non-hydrogen) atoms. The molecule has 0 unspecified atom stereocenters. The molecule has 0 radical (unpaired) electrons. The summed E-state index contributed by atoms with van der Waals surface area (Å²) < 4.78 is 59.2. The fourth-order valence-electron chi connectivity index (χ4n) is 3.37. The number of carbonyl (C=O) groups is 1. The van der Waals surface area contributed by atoms with Crippen molar-refractivity contribution in [3.63, 3.8) is 0 Å². The maximum absolute atomic E-state index is 14.0. The second kappa shape index (κ2) is 8.41. The molecule has 1 aliphatic rings. The lowest BCUT2D eigenvalue weighted by Gasteiger charge is -2.33. The molecule has 0 saturated carbocycles. The van der Waals surface area contributed by atoms with Gasteiger partial charge in [0.2, 0.25) is 10.0 Å². The smallest absolute Gasteiger partial charge is 0.289 e. The van der Waals surface area contributed by atoms with Gasteiger partial charge in [-0.1, -0.05) is 23.7 Å². The zero-order valence-corrected chi connectivity index (χ0v) is 17.7. The van der Waals surface area contributed by atoms with Crippen molar-refractivity contribution in [3.8, 4) is 11.3 Å². The standard InChI is InChI=1S/C21H17ClF2N2O4S/c22-16-4-2-1-3-15(16)18-6-7-19(30-18)21(27)25-9-11-26(12-10-25)31(28,29)20-8-5-14(23)13-17(20)24/h1-8,13H,9-12H2. The summed E-state index contributed by atoms with van der Waals surface area (Å²) in [7, 11) is -4.14. The first-order valence-corrected chi connectivity index (χ1v) is 11.2. The number of hydrogen-bond acceptors (Lipinski definition) is 4. The van der Waals surface area contributed by atoms with Crippen molar-refractivity contribution < 1.29 is 26.4 Å². The molecule has 2 heterocycles. The van der Waals surface area contributed by atoms with Crippen molar-refractivity contribution in [2.24, 2.45) is 0 Å². The highest BCUT2D eigenvalue weighted by molar-refractivity contribution is 7.89. The quantitative estimate of drug-likeness (QED) is 0.582. The minimum Gasteiger partial charge on any atom is -0.451 e. The molecule has 0 N–H and O–H groups in total. The van der Waals surface area contributed by atoms with Crippen LogP contribution in [0.5, 0.6) is 0 Å². The van der Waals surface area contributed by atoms with E-state index in [1.165, 1.54) is 11.0 Å². The molecule has 10 heteroatoms. The first-order valence-electron chi connectivity index (χ1n) is 9.36. The third-order valence-electron chi connectivity index (χ3n) is 4.99. The molecule has 0 bridgehead atoms. The molecule has 0 aliphatic carbocycles. The number of sulfonamides is 1. The highest BCUT2D eigenvalue weighted by atomic mass is 35.5. The number of carbonyl (C=O) groups excluding carboxylic acids is 1. The largest absolute Gasteiger partial charge is 0.451 e. The van der Waals surface area contributed by atoms with Gasteiger partial charge < -0.3 is 9.32 Å². The van der Waals surface area contributed by atoms with E-state index >= 15 is 0 Å². The average molecular weight is 467 g/mol. The van der Waals surface area contributed by atoms with Crippen molar-refractivity contribution in [2.75, 3.05) is 26.2 Å². The normalized spacial score (nSPS) is 15.3. The highest BCUT2D eigenvalue weighted by Gasteiger charge is 2.33. The molecule has 1 amide bonds. The Morgan fingerprint density at radius 3 is 2.35 bits per heavy atom. The Hall–Kier alpha value is -2.75. The molecule has 1 aromatic heterocycles. The number of halogens is 3. The van der Waals surface area contributed by atoms with Crippen LogP contribution in [0.25, 0.3) is 11.3 Å². The zero-order valence-electron chi connectivity index (χ0n) is 16.1. The molecule has 6 nitrogen and oxygen atoms in total. The summed E-state index contributed by atoms with van der Waals surface area (Å²) >= 11 is 6.16. The van der Waals surface area contributed by atoms with Gasteiger partial charge in [0.1, 0.15) is 22.3 Å². The minimum absolute atomic E-state index is 0.0248. The Kier molecular flexibility index (Phi) is 5.83. The number of benzene rings is 2. The summed E-state index contributed by atoms with van der Waals surface area (Å²) in [5.41, 5.74) is 0.653. The fourth-order valence-corrected chi connectivity index (χ4v) is 5.07. The fraction of sp³-hybridized carbons (Fsp3) is 0.190. The molecule has 3 aromatic rings. The molecule has 1 fully saturated rings. The summed E-state index contributed by atoms with van der Waals surface area (Å²) in [5.74, 6) is -1.84. The van der Waals surface area contributed by atoms with Crippen molar-refractivity contribution >= 4 is 27.5 Å². The molecule has 1 aliphatic heterocycles. The number of rotatable bonds is 4. The molecule has 4 rings (SSSR count). The first kappa shape index (κ1) is 21.5. The number of nitrogens with zero attached hydrogens (tertiary/aromatic N) is 2. The van der Waals surface area contributed by atoms with E-state index in [9.17, 15) is 22.0 Å². The van der Waals surface area contributed by atoms with Gasteiger partial charge in [-0.25, -0.2) is 17.2 Å². The van der Waals surface area contributed by atoms with Gasteiger partial charge in [-0.2, -0.15) is 4.31 Å². The van der Waals surface area contributed by atoms with Crippen LogP contribution in [-0.4, -0.2) is 49.7 Å². The van der Waals surface area contributed by atoms with Crippen LogP contribution in [0.3, 0.4) is 0 Å². The second-order valence-electron chi connectivity index (χ2n) is 6.91. The average Bonchev–Trinajstić information content (AvgIpc) is 3.23. The summed E-state index contributed by atoms with van der Waals surface area (Å²) in [4.78, 5) is 13.6. The molecule has 0 atom stereocenters. The van der Waals surface area contributed by atoms with E-state index in [0.717, 1.165) is 16.4 Å². The maximum atomic E-state index is 14.0. The van der Waals surface area contributed by atoms with Crippen LogP contribution in [0.2, 0.25) is 5.02 Å². The third-order valence-corrected chi connectivity index (χ3v) is 7.26. The van der Waals surface area contributed by atoms with Crippen LogP contribution in [0.4, 0.5) is 8.78 Å². The van der Waals surface area contributed by atoms with Gasteiger partial charge in [-0.15, -0.1) is 0 Å². The lowest BCUT2D eigenvalue weighted by molar-refractivity contribution is 0.0666. The van der Waals surface area contributed by atoms with Crippen LogP contribution < -0.4 is 0 Å². The summed E-state index contributed by atoms with van der Waals surface area (Å²) in [6, 6.07) is 12.6. The van der Waals surface area contributed by atoms with Gasteiger partial charge in [0.25, 0.3) is 5.91 Å². The monoisotopic (exact) mass is 466 g/mol. The van der Waals surface area contributed by atoms with Crippen molar-refractivity contribution in [3.05, 3.63) is 77.0 Å². The van der Waals surface area contributed by atoms with E-state index in [2.05, 4.69) is 0 Å². The van der Waals surface area contributed by atoms with Crippen LogP contribution in [0, 0.1) is 11.6 Å². The lowest BCUT2D eigenvalue weighted by Crippen LogP contribution is -2.50. The van der Waals surface area contributed by atoms with E-state index in [-0.39, 0.29) is 37.8 Å². The molecule has 2 aromatic carbocycles. The zero-order chi connectivity index (χ0) is 22.2. The topological polar surface area (TPSA) is 70.8 Å². The van der Waals surface area contributed by atoms with Crippen LogP contribution >= 0.6 is 11.6 Å². The lowest BCUT2D eigenvalue weighted by atomic mass is 10.2. The van der Waals surface area contributed by atoms with Gasteiger partial charge in [-0.3, -0.25) is 4.79 Å². The Morgan fingerprint density at radius 2 is 1.68 bits per heavy atom. The van der Waals surface area contributed by atoms with Gasteiger partial charge in [-0.05, 0) is 36.4 Å². The minimum atomic E-state index is -4.14. The van der Waals surface area contributed by atoms with E-state index in [0.29, 0.717) is 22.4 Å². The molecule has 1 saturated heterocycles. The molecule has 0 spiro atoms. The maximum Gasteiger partial charge on any atom is 0.289 e. The van der Waals surface area contributed by atoms with E-state index in [4.69, 9.17) is 16.0 Å². The SMILES string of the molecule is O=C(c1ccc(-c2ccccc2Cl)o1)N1CCN(S(=O)(=O)c2ccc(F)cc2F)CC1. The van der Waals surface area contributed by atoms with E-state index in [1.807, 2.05) is 0 Å². The molecular weight excluding hydrogens is 450 g/mol. The van der Waals surface area contributed by atoms with Gasteiger partial charge in [0, 0.05) is 37.8 Å². The summed E-state index contributed by atoms with van der Waals surface area (Å²) in [6.45, 7) is 0.151. The first-order chi connectivity index (χ1) is 14.8. The Morgan fingerprint density at radius 1 is 0.968 bits per heavy atom. The van der Waals surface area contributed by atoms with Gasteiger partial charge in [0.05, 0.1) is 5.02 Å². The van der Waals surface area contributed by atoms with Crippen molar-refractivity contribution in [2.45, 2.75) is 4.90 Å². The molecular formula is C21H17ClF2N2O4S. The Bertz CT molecular complexity index is 1240. The van der Waals surface area contributed by atoms with Crippen LogP contribution in [0.15, 0.2) is 63.9 Å². The number of furan rings is 1. The summed E-state index contributed by atoms with van der Waals surface area (Å²) in [5, 5.41) is 0.489. The Balaban J connectivity index is 1.45. The number of hydrogen-bond donors (Lipinski definition) is 0. The van der Waals surface area contributed by atoms with Gasteiger partial charge >= 0.3 is 0 Å². The number of amides is 1. The predicted octanol–water partition coefficient (Wildman–Crippen LogP) is 4.02. The number of piperazine rings is 1. The molecule has 162 valence electrons. The summed E-state index contributed by atoms with van der Waals surface area (Å²) in [6.07, 6.45) is 0. The van der Waals surface area contributed by atoms with Crippen molar-refractivity contribution in [1.82, 2.24) is 9.21 Å². The highest BCUT2D eigenvalue weighted by Crippen LogP contribution is 2.29. The van der Waals surface area contributed by atoms with Crippen LogP contribution in [-0.2, 0) is 10.0 Å². The van der Waals surface area contributed by atoms with E-state index < -0.39 is 26.6 Å². The predicted molar refractivity (Wildman–Crippen MR) is 110 cm³/mol.